The molecule has 2 fully saturated rings. The molecule has 0 heterocycles. The van der Waals surface area contributed by atoms with E-state index in [0.29, 0.717) is 23.6 Å². The van der Waals surface area contributed by atoms with Gasteiger partial charge in [-0.05, 0) is 55.2 Å². The van der Waals surface area contributed by atoms with Crippen molar-refractivity contribution in [2.24, 2.45) is 17.8 Å². The summed E-state index contributed by atoms with van der Waals surface area (Å²) >= 11 is 0. The third-order valence-corrected chi connectivity index (χ3v) is 4.90. The molecule has 3 atom stereocenters. The lowest BCUT2D eigenvalue weighted by Crippen LogP contribution is -2.20. The van der Waals surface area contributed by atoms with Gasteiger partial charge in [0.1, 0.15) is 0 Å². The van der Waals surface area contributed by atoms with E-state index in [-0.39, 0.29) is 11.9 Å². The van der Waals surface area contributed by atoms with Crippen LogP contribution in [-0.2, 0) is 9.53 Å². The molecule has 4 nitrogen and oxygen atoms in total. The van der Waals surface area contributed by atoms with Gasteiger partial charge >= 0.3 is 5.97 Å². The van der Waals surface area contributed by atoms with Gasteiger partial charge in [0, 0.05) is 12.1 Å². The van der Waals surface area contributed by atoms with Gasteiger partial charge in [-0.1, -0.05) is 12.5 Å². The third-order valence-electron chi connectivity index (χ3n) is 4.90. The fraction of sp³-hybridized carbons (Fsp3) is 0.529. The Labute approximate surface area is 124 Å². The lowest BCUT2D eigenvalue weighted by molar-refractivity contribution is -0.117. The number of rotatable bonds is 4. The summed E-state index contributed by atoms with van der Waals surface area (Å²) in [5.74, 6) is 1.82. The van der Waals surface area contributed by atoms with Gasteiger partial charge in [-0.15, -0.1) is 0 Å². The Balaban J connectivity index is 1.58. The highest BCUT2D eigenvalue weighted by Gasteiger charge is 2.40. The van der Waals surface area contributed by atoms with Crippen LogP contribution in [0.3, 0.4) is 0 Å². The molecule has 2 saturated carbocycles. The first kappa shape index (κ1) is 14.1. The SMILES string of the molecule is COC(=O)c1cccc(NC(=O)CC2CC3CCC2C3)c1. The molecule has 0 spiro atoms. The highest BCUT2D eigenvalue weighted by atomic mass is 16.5. The van der Waals surface area contributed by atoms with Crippen LogP contribution in [0, 0.1) is 17.8 Å². The summed E-state index contributed by atoms with van der Waals surface area (Å²) in [6, 6.07) is 6.88. The number of benzene rings is 1. The van der Waals surface area contributed by atoms with Crippen LogP contribution in [0.25, 0.3) is 0 Å². The molecule has 3 unspecified atom stereocenters. The van der Waals surface area contributed by atoms with Crippen LogP contribution >= 0.6 is 0 Å². The third kappa shape index (κ3) is 3.09. The minimum Gasteiger partial charge on any atom is -0.465 e. The van der Waals surface area contributed by atoms with Crippen molar-refractivity contribution in [2.45, 2.75) is 32.1 Å². The van der Waals surface area contributed by atoms with E-state index in [9.17, 15) is 9.59 Å². The van der Waals surface area contributed by atoms with E-state index in [1.165, 1.54) is 32.8 Å². The molecule has 0 saturated heterocycles. The Bertz CT molecular complexity index is 555. The van der Waals surface area contributed by atoms with Crippen molar-refractivity contribution in [1.82, 2.24) is 0 Å². The van der Waals surface area contributed by atoms with Gasteiger partial charge in [-0.3, -0.25) is 4.79 Å². The Hall–Kier alpha value is -1.84. The Morgan fingerprint density at radius 2 is 2.14 bits per heavy atom. The van der Waals surface area contributed by atoms with Crippen LogP contribution in [0.5, 0.6) is 0 Å². The van der Waals surface area contributed by atoms with Crippen LogP contribution in [0.4, 0.5) is 5.69 Å². The van der Waals surface area contributed by atoms with E-state index in [2.05, 4.69) is 10.1 Å². The number of methoxy groups -OCH3 is 1. The van der Waals surface area contributed by atoms with Gasteiger partial charge in [0.25, 0.3) is 0 Å². The Kier molecular flexibility index (Phi) is 3.95. The Morgan fingerprint density at radius 3 is 2.81 bits per heavy atom. The van der Waals surface area contributed by atoms with Crippen LogP contribution in [0.15, 0.2) is 24.3 Å². The van der Waals surface area contributed by atoms with E-state index < -0.39 is 0 Å². The molecule has 1 aromatic rings. The van der Waals surface area contributed by atoms with Gasteiger partial charge in [0.2, 0.25) is 5.91 Å². The van der Waals surface area contributed by atoms with Gasteiger partial charge in [0.15, 0.2) is 0 Å². The molecule has 0 aromatic heterocycles. The molecular weight excluding hydrogens is 266 g/mol. The lowest BCUT2D eigenvalue weighted by atomic mass is 9.86. The average molecular weight is 287 g/mol. The van der Waals surface area contributed by atoms with Crippen LogP contribution in [0.2, 0.25) is 0 Å². The molecule has 21 heavy (non-hydrogen) atoms. The smallest absolute Gasteiger partial charge is 0.337 e. The number of carbonyl (C=O) groups is 2. The molecule has 2 aliphatic carbocycles. The second-order valence-corrected chi connectivity index (χ2v) is 6.26. The van der Waals surface area contributed by atoms with E-state index in [0.717, 1.165) is 11.8 Å². The van der Waals surface area contributed by atoms with Crippen molar-refractivity contribution in [1.29, 1.82) is 0 Å². The molecule has 4 heteroatoms. The summed E-state index contributed by atoms with van der Waals surface area (Å²) in [7, 11) is 1.35. The maximum Gasteiger partial charge on any atom is 0.337 e. The zero-order valence-electron chi connectivity index (χ0n) is 12.3. The number of esters is 1. The summed E-state index contributed by atoms with van der Waals surface area (Å²) in [4.78, 5) is 23.7. The predicted molar refractivity (Wildman–Crippen MR) is 80.0 cm³/mol. The molecule has 112 valence electrons. The predicted octanol–water partition coefficient (Wildman–Crippen LogP) is 3.24. The molecule has 1 amide bonds. The second-order valence-electron chi connectivity index (χ2n) is 6.26. The first-order valence-corrected chi connectivity index (χ1v) is 7.64. The fourth-order valence-electron chi connectivity index (χ4n) is 3.92. The number of hydrogen-bond acceptors (Lipinski definition) is 3. The van der Waals surface area contributed by atoms with Crippen molar-refractivity contribution in [3.63, 3.8) is 0 Å². The van der Waals surface area contributed by atoms with Crippen molar-refractivity contribution in [3.05, 3.63) is 29.8 Å². The monoisotopic (exact) mass is 287 g/mol. The number of ether oxygens (including phenoxy) is 1. The number of hydrogen-bond donors (Lipinski definition) is 1. The first-order valence-electron chi connectivity index (χ1n) is 7.64. The van der Waals surface area contributed by atoms with Gasteiger partial charge in [0.05, 0.1) is 12.7 Å². The van der Waals surface area contributed by atoms with Crippen LogP contribution in [0.1, 0.15) is 42.5 Å². The molecule has 2 aliphatic rings. The highest BCUT2D eigenvalue weighted by Crippen LogP contribution is 2.49. The highest BCUT2D eigenvalue weighted by molar-refractivity contribution is 5.94. The summed E-state index contributed by atoms with van der Waals surface area (Å²) in [6.45, 7) is 0. The summed E-state index contributed by atoms with van der Waals surface area (Å²) < 4.78 is 4.69. The van der Waals surface area contributed by atoms with Crippen molar-refractivity contribution in [2.75, 3.05) is 12.4 Å². The van der Waals surface area contributed by atoms with E-state index in [1.807, 2.05) is 0 Å². The zero-order chi connectivity index (χ0) is 14.8. The molecular formula is C17H21NO3. The normalized spacial score (nSPS) is 26.6. The minimum absolute atomic E-state index is 0.0505. The van der Waals surface area contributed by atoms with E-state index in [1.54, 1.807) is 24.3 Å². The largest absolute Gasteiger partial charge is 0.465 e. The minimum atomic E-state index is -0.390. The number of nitrogens with one attached hydrogen (secondary N) is 1. The topological polar surface area (TPSA) is 55.4 Å². The maximum atomic E-state index is 12.2. The second kappa shape index (κ2) is 5.88. The van der Waals surface area contributed by atoms with Crippen molar-refractivity contribution in [3.8, 4) is 0 Å². The number of fused-ring (bicyclic) bond motifs is 2. The zero-order valence-corrected chi connectivity index (χ0v) is 12.3. The molecule has 3 rings (SSSR count). The summed E-state index contributed by atoms with van der Waals surface area (Å²) in [5.41, 5.74) is 1.11. The standard InChI is InChI=1S/C17H21NO3/c1-21-17(20)13-3-2-4-15(9-13)18-16(19)10-14-8-11-5-6-12(14)7-11/h2-4,9,11-12,14H,5-8,10H2,1H3,(H,18,19). The van der Waals surface area contributed by atoms with Gasteiger partial charge in [-0.2, -0.15) is 0 Å². The maximum absolute atomic E-state index is 12.2. The molecule has 1 N–H and O–H groups in total. The molecule has 0 radical (unpaired) electrons. The number of carbonyl (C=O) groups excluding carboxylic acids is 2. The van der Waals surface area contributed by atoms with E-state index in [4.69, 9.17) is 0 Å². The first-order chi connectivity index (χ1) is 10.2. The molecule has 1 aromatic carbocycles. The van der Waals surface area contributed by atoms with Crippen LogP contribution < -0.4 is 5.32 Å². The van der Waals surface area contributed by atoms with Gasteiger partial charge in [-0.25, -0.2) is 4.79 Å². The Morgan fingerprint density at radius 1 is 1.29 bits per heavy atom. The average Bonchev–Trinajstić information content (AvgIpc) is 3.09. The van der Waals surface area contributed by atoms with Crippen LogP contribution in [-0.4, -0.2) is 19.0 Å². The van der Waals surface area contributed by atoms with Gasteiger partial charge < -0.3 is 10.1 Å². The number of amides is 1. The summed E-state index contributed by atoms with van der Waals surface area (Å²) in [5, 5.41) is 2.90. The molecule has 2 bridgehead atoms. The number of anilines is 1. The lowest BCUT2D eigenvalue weighted by Gasteiger charge is -2.20. The summed E-state index contributed by atoms with van der Waals surface area (Å²) in [6.07, 6.45) is 5.77. The molecule has 0 aliphatic heterocycles. The van der Waals surface area contributed by atoms with Crippen molar-refractivity contribution < 1.29 is 14.3 Å². The quantitative estimate of drug-likeness (QED) is 0.865. The fourth-order valence-corrected chi connectivity index (χ4v) is 3.92. The van der Waals surface area contributed by atoms with Crippen molar-refractivity contribution >= 4 is 17.6 Å². The van der Waals surface area contributed by atoms with E-state index >= 15 is 0 Å².